The maximum absolute atomic E-state index is 13.6. The number of carbonyl (C=O) groups is 1. The minimum absolute atomic E-state index is 0.153. The third-order valence-corrected chi connectivity index (χ3v) is 2.87. The summed E-state index contributed by atoms with van der Waals surface area (Å²) < 4.78 is 23.8. The third kappa shape index (κ3) is 3.10. The molecule has 5 nitrogen and oxygen atoms in total. The van der Waals surface area contributed by atoms with Crippen LogP contribution < -0.4 is 9.47 Å². The first-order valence-corrected chi connectivity index (χ1v) is 6.31. The Kier molecular flexibility index (Phi) is 4.37. The van der Waals surface area contributed by atoms with Gasteiger partial charge in [0.2, 0.25) is 17.7 Å². The van der Waals surface area contributed by atoms with Gasteiger partial charge in [-0.15, -0.1) is 0 Å². The summed E-state index contributed by atoms with van der Waals surface area (Å²) in [5.41, 5.74) is 0.409. The number of pyridine rings is 1. The molecule has 0 unspecified atom stereocenters. The zero-order chi connectivity index (χ0) is 15.4. The molecule has 6 heteroatoms. The van der Waals surface area contributed by atoms with E-state index in [-0.39, 0.29) is 11.3 Å². The number of rotatable bonds is 4. The lowest BCUT2D eigenvalue weighted by atomic mass is 10.1. The highest BCUT2D eigenvalue weighted by Crippen LogP contribution is 2.21. The molecule has 2 rings (SSSR count). The highest BCUT2D eigenvalue weighted by atomic mass is 19.1. The Hall–Kier alpha value is -2.63. The minimum Gasteiger partial charge on any atom is -0.618 e. The first-order chi connectivity index (χ1) is 10.1. The van der Waals surface area contributed by atoms with E-state index in [1.54, 1.807) is 24.3 Å². The van der Waals surface area contributed by atoms with E-state index in [9.17, 15) is 14.4 Å². The lowest BCUT2D eigenvalue weighted by molar-refractivity contribution is -0.595. The topological polar surface area (TPSA) is 62.5 Å². The quantitative estimate of drug-likeness (QED) is 0.492. The summed E-state index contributed by atoms with van der Waals surface area (Å²) in [5, 5.41) is 11.8. The summed E-state index contributed by atoms with van der Waals surface area (Å²) in [6.45, 7) is 2.39. The van der Waals surface area contributed by atoms with Crippen LogP contribution in [0.15, 0.2) is 36.5 Å². The molecule has 1 aromatic heterocycles. The molecule has 0 aliphatic rings. The summed E-state index contributed by atoms with van der Waals surface area (Å²) in [4.78, 5) is 11.5. The van der Waals surface area contributed by atoms with Crippen LogP contribution in [0.2, 0.25) is 0 Å². The molecule has 0 N–H and O–H groups in total. The van der Waals surface area contributed by atoms with Gasteiger partial charge in [0, 0.05) is 11.6 Å². The highest BCUT2D eigenvalue weighted by molar-refractivity contribution is 5.90. The number of esters is 1. The Balaban J connectivity index is 2.45. The van der Waals surface area contributed by atoms with Crippen molar-refractivity contribution in [1.29, 1.82) is 0 Å². The fourth-order valence-corrected chi connectivity index (χ4v) is 1.88. The molecule has 110 valence electrons. The summed E-state index contributed by atoms with van der Waals surface area (Å²) in [7, 11) is 1.15. The van der Waals surface area contributed by atoms with Crippen molar-refractivity contribution in [1.82, 2.24) is 0 Å². The van der Waals surface area contributed by atoms with Crippen molar-refractivity contribution in [3.63, 3.8) is 0 Å². The smallest absolute Gasteiger partial charge is 0.341 e. The molecule has 0 bridgehead atoms. The second-order valence-electron chi connectivity index (χ2n) is 4.20. The normalized spacial score (nSPS) is 10.2. The van der Waals surface area contributed by atoms with Gasteiger partial charge in [0.25, 0.3) is 0 Å². The Morgan fingerprint density at radius 1 is 1.33 bits per heavy atom. The van der Waals surface area contributed by atoms with E-state index in [2.05, 4.69) is 4.74 Å². The summed E-state index contributed by atoms with van der Waals surface area (Å²) in [6, 6.07) is 7.88. The third-order valence-electron chi connectivity index (χ3n) is 2.87. The van der Waals surface area contributed by atoms with Crippen molar-refractivity contribution in [3.8, 4) is 17.0 Å². The molecule has 0 aliphatic heterocycles. The Morgan fingerprint density at radius 2 is 2.00 bits per heavy atom. The van der Waals surface area contributed by atoms with E-state index in [0.717, 1.165) is 7.11 Å². The van der Waals surface area contributed by atoms with Gasteiger partial charge in [0.1, 0.15) is 11.3 Å². The van der Waals surface area contributed by atoms with Gasteiger partial charge in [-0.1, -0.05) is 0 Å². The maximum Gasteiger partial charge on any atom is 0.341 e. The first kappa shape index (κ1) is 14.8. The van der Waals surface area contributed by atoms with Crippen LogP contribution in [-0.2, 0) is 4.74 Å². The lowest BCUT2D eigenvalue weighted by Gasteiger charge is -2.08. The minimum atomic E-state index is -0.925. The van der Waals surface area contributed by atoms with Crippen LogP contribution in [0.5, 0.6) is 5.75 Å². The van der Waals surface area contributed by atoms with Crippen molar-refractivity contribution in [2.24, 2.45) is 0 Å². The monoisotopic (exact) mass is 291 g/mol. The molecule has 0 saturated carbocycles. The van der Waals surface area contributed by atoms with Gasteiger partial charge in [0.15, 0.2) is 0 Å². The van der Waals surface area contributed by atoms with Crippen molar-refractivity contribution in [2.45, 2.75) is 6.92 Å². The molecule has 1 aromatic carbocycles. The van der Waals surface area contributed by atoms with Crippen LogP contribution in [0, 0.1) is 11.0 Å². The number of aromatic nitrogens is 1. The number of ether oxygens (including phenoxy) is 2. The second-order valence-corrected chi connectivity index (χ2v) is 4.20. The zero-order valence-electron chi connectivity index (χ0n) is 11.6. The molecule has 0 fully saturated rings. The van der Waals surface area contributed by atoms with Crippen LogP contribution in [0.25, 0.3) is 11.3 Å². The van der Waals surface area contributed by atoms with E-state index >= 15 is 0 Å². The van der Waals surface area contributed by atoms with Crippen molar-refractivity contribution < 1.29 is 23.4 Å². The number of hydrogen-bond acceptors (Lipinski definition) is 4. The molecular weight excluding hydrogens is 277 g/mol. The summed E-state index contributed by atoms with van der Waals surface area (Å²) in [6.07, 6.45) is 0.706. The fraction of sp³-hybridized carbons (Fsp3) is 0.200. The van der Waals surface area contributed by atoms with E-state index in [0.29, 0.717) is 28.8 Å². The summed E-state index contributed by atoms with van der Waals surface area (Å²) in [5.74, 6) is -1.10. The maximum atomic E-state index is 13.6. The number of halogens is 1. The van der Waals surface area contributed by atoms with E-state index in [1.807, 2.05) is 6.92 Å². The van der Waals surface area contributed by atoms with Crippen LogP contribution in [0.4, 0.5) is 4.39 Å². The van der Waals surface area contributed by atoms with E-state index < -0.39 is 11.8 Å². The molecule has 2 aromatic rings. The van der Waals surface area contributed by atoms with Gasteiger partial charge in [-0.25, -0.2) is 4.79 Å². The largest absolute Gasteiger partial charge is 0.618 e. The number of nitrogens with zero attached hydrogens (tertiary/aromatic N) is 1. The highest BCUT2D eigenvalue weighted by Gasteiger charge is 2.20. The predicted molar refractivity (Wildman–Crippen MR) is 73.3 cm³/mol. The SMILES string of the molecule is CCOc1ccc(-c2cc(C(=O)OC)c(F)c[n+]2[O-])cc1. The Bertz CT molecular complexity index is 655. The van der Waals surface area contributed by atoms with Gasteiger partial charge < -0.3 is 14.7 Å². The van der Waals surface area contributed by atoms with Crippen LogP contribution >= 0.6 is 0 Å². The standard InChI is InChI=1S/C15H14FNO4/c1-3-21-11-6-4-10(5-7-11)14-8-12(15(18)20-2)13(16)9-17(14)19/h4-9H,3H2,1-2H3. The molecule has 0 aliphatic carbocycles. The number of methoxy groups -OCH3 is 1. The predicted octanol–water partition coefficient (Wildman–Crippen LogP) is 2.31. The number of carbonyl (C=O) groups excluding carboxylic acids is 1. The van der Waals surface area contributed by atoms with Crippen LogP contribution in [0.3, 0.4) is 0 Å². The number of hydrogen-bond donors (Lipinski definition) is 0. The van der Waals surface area contributed by atoms with Crippen LogP contribution in [0.1, 0.15) is 17.3 Å². The average molecular weight is 291 g/mol. The summed E-state index contributed by atoms with van der Waals surface area (Å²) >= 11 is 0. The van der Waals surface area contributed by atoms with Gasteiger partial charge in [0.05, 0.1) is 13.7 Å². The Labute approximate surface area is 121 Å². The molecule has 0 atom stereocenters. The molecule has 21 heavy (non-hydrogen) atoms. The molecular formula is C15H14FNO4. The van der Waals surface area contributed by atoms with Crippen LogP contribution in [-0.4, -0.2) is 19.7 Å². The molecule has 0 spiro atoms. The van der Waals surface area contributed by atoms with E-state index in [1.165, 1.54) is 6.07 Å². The average Bonchev–Trinajstić information content (AvgIpc) is 2.48. The Morgan fingerprint density at radius 3 is 2.57 bits per heavy atom. The molecule has 1 heterocycles. The fourth-order valence-electron chi connectivity index (χ4n) is 1.88. The molecule has 0 radical (unpaired) electrons. The van der Waals surface area contributed by atoms with Gasteiger partial charge in [-0.3, -0.25) is 0 Å². The van der Waals surface area contributed by atoms with Gasteiger partial charge >= 0.3 is 5.97 Å². The van der Waals surface area contributed by atoms with Crippen molar-refractivity contribution >= 4 is 5.97 Å². The molecule has 0 amide bonds. The first-order valence-electron chi connectivity index (χ1n) is 6.31. The zero-order valence-corrected chi connectivity index (χ0v) is 11.6. The van der Waals surface area contributed by atoms with Gasteiger partial charge in [-0.05, 0) is 31.2 Å². The van der Waals surface area contributed by atoms with Crippen molar-refractivity contribution in [2.75, 3.05) is 13.7 Å². The van der Waals surface area contributed by atoms with Gasteiger partial charge in [-0.2, -0.15) is 9.12 Å². The number of benzene rings is 1. The lowest BCUT2D eigenvalue weighted by Crippen LogP contribution is -2.30. The second kappa shape index (κ2) is 6.21. The molecule has 0 saturated heterocycles. The van der Waals surface area contributed by atoms with Crippen molar-refractivity contribution in [3.05, 3.63) is 53.1 Å². The van der Waals surface area contributed by atoms with E-state index in [4.69, 9.17) is 4.74 Å².